The number of hydrogen-bond donors (Lipinski definition) is 2. The molecule has 116 valence electrons. The maximum atomic E-state index is 4.18. The summed E-state index contributed by atoms with van der Waals surface area (Å²) in [6, 6.07) is 3.85. The first kappa shape index (κ1) is 17.5. The van der Waals surface area contributed by atoms with Crippen molar-refractivity contribution in [1.82, 2.24) is 30.2 Å². The van der Waals surface area contributed by atoms with E-state index < -0.39 is 0 Å². The Morgan fingerprint density at radius 2 is 1.62 bits per heavy atom. The van der Waals surface area contributed by atoms with Gasteiger partial charge < -0.3 is 10.6 Å². The number of nitrogens with zero attached hydrogens (tertiary/aromatic N) is 5. The molecule has 0 radical (unpaired) electrons. The highest BCUT2D eigenvalue weighted by atomic mass is 127. The molecule has 0 aliphatic carbocycles. The Bertz CT molecular complexity index is 493. The third-order valence-electron chi connectivity index (χ3n) is 2.83. The number of nitrogens with one attached hydrogen (secondary N) is 2. The summed E-state index contributed by atoms with van der Waals surface area (Å²) in [7, 11) is 1.77. The van der Waals surface area contributed by atoms with Crippen LogP contribution >= 0.6 is 24.0 Å². The zero-order chi connectivity index (χ0) is 14.0. The van der Waals surface area contributed by atoms with Crippen molar-refractivity contribution in [3.8, 4) is 0 Å². The highest BCUT2D eigenvalue weighted by Gasteiger charge is 1.97. The Hall–Kier alpha value is -1.58. The molecule has 0 saturated heterocycles. The molecule has 0 spiro atoms. The van der Waals surface area contributed by atoms with Crippen LogP contribution in [0.15, 0.2) is 41.9 Å². The van der Waals surface area contributed by atoms with Gasteiger partial charge in [0.2, 0.25) is 0 Å². The van der Waals surface area contributed by atoms with E-state index in [-0.39, 0.29) is 24.0 Å². The predicted octanol–water partition coefficient (Wildman–Crippen LogP) is 0.953. The Labute approximate surface area is 141 Å². The Kier molecular flexibility index (Phi) is 8.48. The minimum atomic E-state index is 0. The van der Waals surface area contributed by atoms with Crippen LogP contribution in [0, 0.1) is 0 Å². The highest BCUT2D eigenvalue weighted by Crippen LogP contribution is 1.88. The molecule has 8 heteroatoms. The molecule has 2 aromatic rings. The molecule has 0 saturated carbocycles. The van der Waals surface area contributed by atoms with Gasteiger partial charge in [-0.2, -0.15) is 10.2 Å². The summed E-state index contributed by atoms with van der Waals surface area (Å²) < 4.78 is 3.81. The van der Waals surface area contributed by atoms with Crippen LogP contribution in [0.4, 0.5) is 0 Å². The second-order valence-electron chi connectivity index (χ2n) is 4.32. The van der Waals surface area contributed by atoms with Crippen LogP contribution in [-0.4, -0.2) is 45.7 Å². The third kappa shape index (κ3) is 6.61. The number of halogens is 1. The number of aryl methyl sites for hydroxylation is 1. The summed E-state index contributed by atoms with van der Waals surface area (Å²) >= 11 is 0. The lowest BCUT2D eigenvalue weighted by atomic mass is 10.4. The lowest BCUT2D eigenvalue weighted by Gasteiger charge is -2.11. The first-order chi connectivity index (χ1) is 9.88. The van der Waals surface area contributed by atoms with Gasteiger partial charge in [0, 0.05) is 51.5 Å². The lowest BCUT2D eigenvalue weighted by molar-refractivity contribution is 0.565. The fraction of sp³-hybridized carbons (Fsp3) is 0.462. The Morgan fingerprint density at radius 3 is 2.19 bits per heavy atom. The lowest BCUT2D eigenvalue weighted by Crippen LogP contribution is -2.39. The zero-order valence-corrected chi connectivity index (χ0v) is 14.5. The van der Waals surface area contributed by atoms with Crippen LogP contribution in [0.3, 0.4) is 0 Å². The monoisotopic (exact) mass is 403 g/mol. The van der Waals surface area contributed by atoms with Crippen LogP contribution in [0.1, 0.15) is 6.42 Å². The van der Waals surface area contributed by atoms with Crippen molar-refractivity contribution in [3.63, 3.8) is 0 Å². The van der Waals surface area contributed by atoms with E-state index in [0.29, 0.717) is 0 Å². The van der Waals surface area contributed by atoms with Crippen LogP contribution in [0.25, 0.3) is 0 Å². The molecule has 21 heavy (non-hydrogen) atoms. The summed E-state index contributed by atoms with van der Waals surface area (Å²) in [5.74, 6) is 0.817. The molecule has 7 nitrogen and oxygen atoms in total. The van der Waals surface area contributed by atoms with Gasteiger partial charge in [0.1, 0.15) is 0 Å². The molecule has 0 aliphatic rings. The van der Waals surface area contributed by atoms with Crippen molar-refractivity contribution in [1.29, 1.82) is 0 Å². The molecule has 2 heterocycles. The highest BCUT2D eigenvalue weighted by molar-refractivity contribution is 14.0. The van der Waals surface area contributed by atoms with Gasteiger partial charge >= 0.3 is 0 Å². The van der Waals surface area contributed by atoms with Gasteiger partial charge in [-0.15, -0.1) is 24.0 Å². The normalized spacial score (nSPS) is 11.0. The average molecular weight is 403 g/mol. The summed E-state index contributed by atoms with van der Waals surface area (Å²) in [6.45, 7) is 3.38. The number of hydrogen-bond acceptors (Lipinski definition) is 3. The fourth-order valence-electron chi connectivity index (χ4n) is 1.82. The summed E-state index contributed by atoms with van der Waals surface area (Å²) in [5.41, 5.74) is 0. The van der Waals surface area contributed by atoms with Gasteiger partial charge in [-0.1, -0.05) is 0 Å². The molecular weight excluding hydrogens is 381 g/mol. The molecule has 0 fully saturated rings. The Balaban J connectivity index is 0.00000220. The maximum absolute atomic E-state index is 4.18. The maximum Gasteiger partial charge on any atom is 0.191 e. The van der Waals surface area contributed by atoms with Crippen LogP contribution < -0.4 is 10.6 Å². The fourth-order valence-corrected chi connectivity index (χ4v) is 1.82. The van der Waals surface area contributed by atoms with Gasteiger partial charge in [-0.25, -0.2) is 0 Å². The van der Waals surface area contributed by atoms with Crippen molar-refractivity contribution >= 4 is 29.9 Å². The van der Waals surface area contributed by atoms with Gasteiger partial charge in [0.05, 0.1) is 6.54 Å². The number of rotatable bonds is 7. The van der Waals surface area contributed by atoms with Crippen molar-refractivity contribution < 1.29 is 0 Å². The molecule has 0 amide bonds. The summed E-state index contributed by atoms with van der Waals surface area (Å²) in [6.07, 6.45) is 8.49. The second-order valence-corrected chi connectivity index (χ2v) is 4.32. The van der Waals surface area contributed by atoms with E-state index in [1.807, 2.05) is 33.9 Å². The van der Waals surface area contributed by atoms with Crippen LogP contribution in [0.5, 0.6) is 0 Å². The van der Waals surface area contributed by atoms with Crippen LogP contribution in [0.2, 0.25) is 0 Å². The van der Waals surface area contributed by atoms with Crippen LogP contribution in [-0.2, 0) is 13.1 Å². The van der Waals surface area contributed by atoms with Gasteiger partial charge in [-0.3, -0.25) is 14.4 Å². The molecule has 0 bridgehead atoms. The van der Waals surface area contributed by atoms with Crippen molar-refractivity contribution in [3.05, 3.63) is 36.9 Å². The van der Waals surface area contributed by atoms with E-state index in [0.717, 1.165) is 38.6 Å². The van der Waals surface area contributed by atoms with E-state index in [1.54, 1.807) is 19.4 Å². The van der Waals surface area contributed by atoms with Crippen molar-refractivity contribution in [2.24, 2.45) is 4.99 Å². The molecular formula is C13H22IN7. The molecule has 2 N–H and O–H groups in total. The van der Waals surface area contributed by atoms with E-state index in [1.165, 1.54) is 0 Å². The third-order valence-corrected chi connectivity index (χ3v) is 2.83. The largest absolute Gasteiger partial charge is 0.356 e. The summed E-state index contributed by atoms with van der Waals surface area (Å²) in [4.78, 5) is 4.18. The van der Waals surface area contributed by atoms with Gasteiger partial charge in [0.15, 0.2) is 5.96 Å². The Morgan fingerprint density at radius 1 is 1.00 bits per heavy atom. The van der Waals surface area contributed by atoms with E-state index in [9.17, 15) is 0 Å². The smallest absolute Gasteiger partial charge is 0.191 e. The van der Waals surface area contributed by atoms with Crippen molar-refractivity contribution in [2.45, 2.75) is 19.5 Å². The quantitative estimate of drug-likeness (QED) is 0.313. The van der Waals surface area contributed by atoms with Crippen molar-refractivity contribution in [2.75, 3.05) is 20.1 Å². The average Bonchev–Trinajstić information content (AvgIpc) is 3.14. The SMILES string of the molecule is CN=C(NCCCn1cccn1)NCCn1cccn1.I. The minimum Gasteiger partial charge on any atom is -0.356 e. The molecule has 0 aliphatic heterocycles. The van der Waals surface area contributed by atoms with Gasteiger partial charge in [0.25, 0.3) is 0 Å². The predicted molar refractivity (Wildman–Crippen MR) is 93.9 cm³/mol. The topological polar surface area (TPSA) is 72.1 Å². The molecule has 0 unspecified atom stereocenters. The first-order valence-electron chi connectivity index (χ1n) is 6.78. The molecule has 0 aromatic carbocycles. The first-order valence-corrected chi connectivity index (χ1v) is 6.78. The standard InChI is InChI=1S/C13H21N7.HI/c1-14-13(16-8-12-20-11-4-7-18-20)15-5-2-9-19-10-3-6-17-19;/h3-4,6-7,10-11H,2,5,8-9,12H2,1H3,(H2,14,15,16);1H. The molecule has 0 atom stereocenters. The molecule has 2 aromatic heterocycles. The zero-order valence-electron chi connectivity index (χ0n) is 12.1. The minimum absolute atomic E-state index is 0. The van der Waals surface area contributed by atoms with E-state index in [2.05, 4.69) is 25.8 Å². The number of aliphatic imine (C=N–C) groups is 1. The van der Waals surface area contributed by atoms with E-state index in [4.69, 9.17) is 0 Å². The number of guanidine groups is 1. The second kappa shape index (κ2) is 10.2. The number of aromatic nitrogens is 4. The van der Waals surface area contributed by atoms with Gasteiger partial charge in [-0.05, 0) is 18.6 Å². The molecule has 2 rings (SSSR count). The summed E-state index contributed by atoms with van der Waals surface area (Å²) in [5, 5.41) is 14.9. The van der Waals surface area contributed by atoms with E-state index >= 15 is 0 Å².